The SMILES string of the molecule is COc1ccc(C(=O)N[C@@H](Cc2ccccc2)c2nc3ccccc3[nH]2)c(OC)c1. The number of H-pyrrole nitrogens is 1. The molecular weight excluding hydrogens is 378 g/mol. The molecule has 4 aromatic rings. The van der Waals surface area contributed by atoms with Gasteiger partial charge in [-0.05, 0) is 36.2 Å². The van der Waals surface area contributed by atoms with Crippen molar-refractivity contribution >= 4 is 16.9 Å². The van der Waals surface area contributed by atoms with Crippen LogP contribution < -0.4 is 14.8 Å². The molecule has 3 aromatic carbocycles. The molecule has 0 aliphatic rings. The summed E-state index contributed by atoms with van der Waals surface area (Å²) in [4.78, 5) is 21.2. The molecule has 0 unspecified atom stereocenters. The highest BCUT2D eigenvalue weighted by Crippen LogP contribution is 2.26. The molecule has 0 radical (unpaired) electrons. The molecule has 0 aliphatic carbocycles. The van der Waals surface area contributed by atoms with Gasteiger partial charge in [-0.1, -0.05) is 42.5 Å². The van der Waals surface area contributed by atoms with Crippen molar-refractivity contribution in [1.82, 2.24) is 15.3 Å². The Kier molecular flexibility index (Phi) is 5.66. The Balaban J connectivity index is 1.66. The van der Waals surface area contributed by atoms with Gasteiger partial charge >= 0.3 is 0 Å². The van der Waals surface area contributed by atoms with Crippen molar-refractivity contribution in [3.8, 4) is 11.5 Å². The number of amides is 1. The van der Waals surface area contributed by atoms with Gasteiger partial charge in [0.25, 0.3) is 5.91 Å². The van der Waals surface area contributed by atoms with Crippen molar-refractivity contribution in [2.45, 2.75) is 12.5 Å². The predicted molar refractivity (Wildman–Crippen MR) is 116 cm³/mol. The van der Waals surface area contributed by atoms with Crippen LogP contribution in [0.2, 0.25) is 0 Å². The van der Waals surface area contributed by atoms with E-state index >= 15 is 0 Å². The fraction of sp³-hybridized carbons (Fsp3) is 0.167. The van der Waals surface area contributed by atoms with Gasteiger partial charge in [0.2, 0.25) is 0 Å². The lowest BCUT2D eigenvalue weighted by Gasteiger charge is -2.18. The van der Waals surface area contributed by atoms with Crippen LogP contribution >= 0.6 is 0 Å². The summed E-state index contributed by atoms with van der Waals surface area (Å²) < 4.78 is 10.6. The Morgan fingerprint density at radius 3 is 2.50 bits per heavy atom. The molecule has 0 spiro atoms. The number of fused-ring (bicyclic) bond motifs is 1. The van der Waals surface area contributed by atoms with Crippen LogP contribution in [-0.2, 0) is 6.42 Å². The Hall–Kier alpha value is -3.80. The second-order valence-electron chi connectivity index (χ2n) is 6.92. The fourth-order valence-electron chi connectivity index (χ4n) is 3.43. The Morgan fingerprint density at radius 2 is 1.77 bits per heavy atom. The van der Waals surface area contributed by atoms with Crippen molar-refractivity contribution in [1.29, 1.82) is 0 Å². The summed E-state index contributed by atoms with van der Waals surface area (Å²) in [5.74, 6) is 1.55. The predicted octanol–water partition coefficient (Wildman–Crippen LogP) is 4.29. The highest BCUT2D eigenvalue weighted by atomic mass is 16.5. The number of aromatic amines is 1. The van der Waals surface area contributed by atoms with Crippen molar-refractivity contribution < 1.29 is 14.3 Å². The van der Waals surface area contributed by atoms with E-state index in [1.807, 2.05) is 54.6 Å². The number of carbonyl (C=O) groups is 1. The molecule has 0 saturated heterocycles. The van der Waals surface area contributed by atoms with E-state index in [9.17, 15) is 4.79 Å². The van der Waals surface area contributed by atoms with Crippen molar-refractivity contribution in [2.24, 2.45) is 0 Å². The number of imidazole rings is 1. The van der Waals surface area contributed by atoms with E-state index < -0.39 is 0 Å². The smallest absolute Gasteiger partial charge is 0.255 e. The third-order valence-corrected chi connectivity index (χ3v) is 4.98. The summed E-state index contributed by atoms with van der Waals surface area (Å²) in [6.45, 7) is 0. The maximum absolute atomic E-state index is 13.1. The summed E-state index contributed by atoms with van der Waals surface area (Å²) in [6.07, 6.45) is 0.602. The number of nitrogens with one attached hydrogen (secondary N) is 2. The summed E-state index contributed by atoms with van der Waals surface area (Å²) in [5.41, 5.74) is 3.33. The zero-order valence-corrected chi connectivity index (χ0v) is 16.9. The lowest BCUT2D eigenvalue weighted by Crippen LogP contribution is -2.31. The standard InChI is InChI=1S/C24H23N3O3/c1-29-17-12-13-18(22(15-17)30-2)24(28)27-21(14-16-8-4-3-5-9-16)23-25-19-10-6-7-11-20(19)26-23/h3-13,15,21H,14H2,1-2H3,(H,25,26)(H,27,28)/t21-/m0/s1. The first-order valence-corrected chi connectivity index (χ1v) is 9.69. The molecule has 1 amide bonds. The number of rotatable bonds is 7. The molecule has 0 saturated carbocycles. The molecule has 1 atom stereocenters. The minimum Gasteiger partial charge on any atom is -0.497 e. The third kappa shape index (κ3) is 4.12. The van der Waals surface area contributed by atoms with E-state index in [4.69, 9.17) is 14.5 Å². The van der Waals surface area contributed by atoms with E-state index in [1.165, 1.54) is 7.11 Å². The largest absolute Gasteiger partial charge is 0.497 e. The maximum Gasteiger partial charge on any atom is 0.255 e. The van der Waals surface area contributed by atoms with E-state index in [0.717, 1.165) is 16.6 Å². The van der Waals surface area contributed by atoms with Crippen molar-refractivity contribution in [3.05, 3.63) is 89.7 Å². The average molecular weight is 401 g/mol. The number of nitrogens with zero attached hydrogens (tertiary/aromatic N) is 1. The molecule has 0 fully saturated rings. The Bertz CT molecular complexity index is 1120. The minimum absolute atomic E-state index is 0.240. The second-order valence-corrected chi connectivity index (χ2v) is 6.92. The van der Waals surface area contributed by atoms with E-state index in [-0.39, 0.29) is 11.9 Å². The van der Waals surface area contributed by atoms with Crippen LogP contribution in [0.4, 0.5) is 0 Å². The maximum atomic E-state index is 13.1. The van der Waals surface area contributed by atoms with Gasteiger partial charge in [-0.15, -0.1) is 0 Å². The normalized spacial score (nSPS) is 11.8. The molecule has 0 aliphatic heterocycles. The molecular formula is C24H23N3O3. The highest BCUT2D eigenvalue weighted by molar-refractivity contribution is 5.97. The van der Waals surface area contributed by atoms with Crippen LogP contribution in [-0.4, -0.2) is 30.1 Å². The Morgan fingerprint density at radius 1 is 1.00 bits per heavy atom. The molecule has 1 heterocycles. The first-order valence-electron chi connectivity index (χ1n) is 9.69. The zero-order chi connectivity index (χ0) is 20.9. The summed E-state index contributed by atoms with van der Waals surface area (Å²) in [6, 6.07) is 22.6. The van der Waals surface area contributed by atoms with Gasteiger partial charge in [-0.3, -0.25) is 4.79 Å². The summed E-state index contributed by atoms with van der Waals surface area (Å²) in [5, 5.41) is 3.12. The van der Waals surface area contributed by atoms with Crippen LogP contribution in [0, 0.1) is 0 Å². The van der Waals surface area contributed by atoms with Crippen LogP contribution in [0.25, 0.3) is 11.0 Å². The van der Waals surface area contributed by atoms with Gasteiger partial charge < -0.3 is 19.8 Å². The van der Waals surface area contributed by atoms with Gasteiger partial charge in [0.15, 0.2) is 0 Å². The van der Waals surface area contributed by atoms with Gasteiger partial charge in [0, 0.05) is 6.07 Å². The average Bonchev–Trinajstić information content (AvgIpc) is 3.23. The van der Waals surface area contributed by atoms with Crippen LogP contribution in [0.15, 0.2) is 72.8 Å². The van der Waals surface area contributed by atoms with Crippen LogP contribution in [0.3, 0.4) is 0 Å². The molecule has 4 rings (SSSR count). The van der Waals surface area contributed by atoms with Gasteiger partial charge in [0.1, 0.15) is 17.3 Å². The fourth-order valence-corrected chi connectivity index (χ4v) is 3.43. The summed E-state index contributed by atoms with van der Waals surface area (Å²) in [7, 11) is 3.11. The number of ether oxygens (including phenoxy) is 2. The van der Waals surface area contributed by atoms with Gasteiger partial charge in [-0.2, -0.15) is 0 Å². The van der Waals surface area contributed by atoms with E-state index in [1.54, 1.807) is 25.3 Å². The molecule has 1 aromatic heterocycles. The summed E-state index contributed by atoms with van der Waals surface area (Å²) >= 11 is 0. The molecule has 6 heteroatoms. The monoisotopic (exact) mass is 401 g/mol. The number of benzene rings is 3. The van der Waals surface area contributed by atoms with Gasteiger partial charge in [-0.25, -0.2) is 4.98 Å². The Labute approximate surface area is 174 Å². The molecule has 152 valence electrons. The number of aromatic nitrogens is 2. The van der Waals surface area contributed by atoms with Crippen LogP contribution in [0.5, 0.6) is 11.5 Å². The molecule has 2 N–H and O–H groups in total. The van der Waals surface area contributed by atoms with E-state index in [2.05, 4.69) is 10.3 Å². The highest BCUT2D eigenvalue weighted by Gasteiger charge is 2.22. The number of para-hydroxylation sites is 2. The number of hydrogen-bond donors (Lipinski definition) is 2. The first-order chi connectivity index (χ1) is 14.7. The quantitative estimate of drug-likeness (QED) is 0.484. The topological polar surface area (TPSA) is 76.2 Å². The number of methoxy groups -OCH3 is 2. The number of carbonyl (C=O) groups excluding carboxylic acids is 1. The first kappa shape index (κ1) is 19.5. The van der Waals surface area contributed by atoms with Gasteiger partial charge in [0.05, 0.1) is 36.9 Å². The minimum atomic E-state index is -0.334. The lowest BCUT2D eigenvalue weighted by atomic mass is 10.0. The second kappa shape index (κ2) is 8.69. The lowest BCUT2D eigenvalue weighted by molar-refractivity contribution is 0.0931. The molecule has 6 nitrogen and oxygen atoms in total. The molecule has 30 heavy (non-hydrogen) atoms. The van der Waals surface area contributed by atoms with Crippen molar-refractivity contribution in [3.63, 3.8) is 0 Å². The number of hydrogen-bond acceptors (Lipinski definition) is 4. The third-order valence-electron chi connectivity index (χ3n) is 4.98. The zero-order valence-electron chi connectivity index (χ0n) is 16.9. The van der Waals surface area contributed by atoms with E-state index in [0.29, 0.717) is 29.3 Å². The molecule has 0 bridgehead atoms. The van der Waals surface area contributed by atoms with Crippen molar-refractivity contribution in [2.75, 3.05) is 14.2 Å². The van der Waals surface area contributed by atoms with Crippen LogP contribution in [0.1, 0.15) is 27.8 Å².